The molecule has 0 saturated heterocycles. The van der Waals surface area contributed by atoms with Crippen molar-refractivity contribution in [2.24, 2.45) is 0 Å². The second-order valence-corrected chi connectivity index (χ2v) is 10.1. The molecule has 1 aromatic heterocycles. The van der Waals surface area contributed by atoms with Crippen LogP contribution >= 0.6 is 11.6 Å². The molecule has 0 fully saturated rings. The average Bonchev–Trinajstić information content (AvgIpc) is 3.26. The number of carbonyl (C=O) groups excluding carboxylic acids is 1. The van der Waals surface area contributed by atoms with E-state index in [1.807, 2.05) is 36.4 Å². The molecule has 0 bridgehead atoms. The zero-order chi connectivity index (χ0) is 23.5. The molecule has 1 N–H and O–H groups in total. The van der Waals surface area contributed by atoms with E-state index in [1.54, 1.807) is 13.1 Å². The summed E-state index contributed by atoms with van der Waals surface area (Å²) in [5.41, 5.74) is 2.02. The number of para-hydroxylation sites is 1. The summed E-state index contributed by atoms with van der Waals surface area (Å²) in [4.78, 5) is 17.0. The molecule has 0 aliphatic carbocycles. The van der Waals surface area contributed by atoms with Crippen molar-refractivity contribution in [2.75, 3.05) is 21.1 Å². The van der Waals surface area contributed by atoms with Crippen LogP contribution in [-0.2, 0) is 23.0 Å². The topological polar surface area (TPSA) is 82.7 Å². The number of nitrogens with one attached hydrogen (secondary N) is 1. The Kier molecular flexibility index (Phi) is 7.28. The standard InChI is InChI=1S/C23H26ClN3O4S/c1-5-16-8-6-7-9-22(16)31-18-11-10-17(20(24)12-18)15-27(4)23(28)21-13-19(14-25-21)32(29,30)26(2)3/h6-14,25H,5,15H2,1-4H3. The van der Waals surface area contributed by atoms with E-state index in [9.17, 15) is 13.2 Å². The van der Waals surface area contributed by atoms with Crippen LogP contribution in [0.15, 0.2) is 59.6 Å². The number of hydrogen-bond donors (Lipinski definition) is 1. The lowest BCUT2D eigenvalue weighted by Crippen LogP contribution is -2.26. The van der Waals surface area contributed by atoms with Crippen molar-refractivity contribution >= 4 is 27.5 Å². The van der Waals surface area contributed by atoms with Gasteiger partial charge in [-0.2, -0.15) is 0 Å². The number of ether oxygens (including phenoxy) is 1. The van der Waals surface area contributed by atoms with Crippen molar-refractivity contribution in [1.82, 2.24) is 14.2 Å². The molecule has 0 aliphatic heterocycles. The smallest absolute Gasteiger partial charge is 0.270 e. The molecule has 7 nitrogen and oxygen atoms in total. The first-order valence-electron chi connectivity index (χ1n) is 10.0. The van der Waals surface area contributed by atoms with Gasteiger partial charge in [-0.15, -0.1) is 0 Å². The molecule has 2 aromatic carbocycles. The van der Waals surface area contributed by atoms with Crippen molar-refractivity contribution in [3.63, 3.8) is 0 Å². The number of sulfonamides is 1. The van der Waals surface area contributed by atoms with Crippen molar-refractivity contribution in [3.05, 3.63) is 76.6 Å². The number of nitrogens with zero attached hydrogens (tertiary/aromatic N) is 2. The lowest BCUT2D eigenvalue weighted by atomic mass is 10.1. The van der Waals surface area contributed by atoms with E-state index >= 15 is 0 Å². The van der Waals surface area contributed by atoms with Gasteiger partial charge in [0, 0.05) is 38.9 Å². The van der Waals surface area contributed by atoms with Crippen LogP contribution in [0.1, 0.15) is 28.5 Å². The molecule has 32 heavy (non-hydrogen) atoms. The van der Waals surface area contributed by atoms with Gasteiger partial charge in [-0.25, -0.2) is 12.7 Å². The van der Waals surface area contributed by atoms with Crippen LogP contribution in [0.25, 0.3) is 0 Å². The summed E-state index contributed by atoms with van der Waals surface area (Å²) in [5.74, 6) is 1.04. The minimum Gasteiger partial charge on any atom is -0.457 e. The summed E-state index contributed by atoms with van der Waals surface area (Å²) >= 11 is 6.45. The normalized spacial score (nSPS) is 11.6. The third kappa shape index (κ3) is 5.15. The summed E-state index contributed by atoms with van der Waals surface area (Å²) < 4.78 is 31.5. The Labute approximate surface area is 193 Å². The number of amides is 1. The van der Waals surface area contributed by atoms with Gasteiger partial charge < -0.3 is 14.6 Å². The van der Waals surface area contributed by atoms with Crippen molar-refractivity contribution < 1.29 is 17.9 Å². The Morgan fingerprint density at radius 1 is 1.06 bits per heavy atom. The van der Waals surface area contributed by atoms with Crippen LogP contribution in [0.3, 0.4) is 0 Å². The quantitative estimate of drug-likeness (QED) is 0.518. The zero-order valence-corrected chi connectivity index (χ0v) is 20.0. The van der Waals surface area contributed by atoms with E-state index in [2.05, 4.69) is 11.9 Å². The predicted molar refractivity (Wildman–Crippen MR) is 125 cm³/mol. The average molecular weight is 476 g/mol. The highest BCUT2D eigenvalue weighted by Crippen LogP contribution is 2.30. The summed E-state index contributed by atoms with van der Waals surface area (Å²) in [7, 11) is 0.880. The number of benzene rings is 2. The number of aryl methyl sites for hydroxylation is 1. The van der Waals surface area contributed by atoms with Crippen LogP contribution < -0.4 is 4.74 Å². The molecular weight excluding hydrogens is 450 g/mol. The van der Waals surface area contributed by atoms with E-state index in [-0.39, 0.29) is 23.0 Å². The van der Waals surface area contributed by atoms with E-state index in [0.717, 1.165) is 27.6 Å². The Hall–Kier alpha value is -2.81. The third-order valence-electron chi connectivity index (χ3n) is 5.03. The maximum atomic E-state index is 12.8. The van der Waals surface area contributed by atoms with Gasteiger partial charge in [-0.05, 0) is 41.8 Å². The zero-order valence-electron chi connectivity index (χ0n) is 18.4. The highest BCUT2D eigenvalue weighted by atomic mass is 35.5. The monoisotopic (exact) mass is 475 g/mol. The Bertz CT molecular complexity index is 1220. The van der Waals surface area contributed by atoms with Gasteiger partial charge in [0.1, 0.15) is 22.1 Å². The van der Waals surface area contributed by atoms with E-state index in [0.29, 0.717) is 10.8 Å². The Morgan fingerprint density at radius 2 is 1.78 bits per heavy atom. The van der Waals surface area contributed by atoms with Gasteiger partial charge in [0.15, 0.2) is 0 Å². The lowest BCUT2D eigenvalue weighted by molar-refractivity contribution is 0.0780. The SMILES string of the molecule is CCc1ccccc1Oc1ccc(CN(C)C(=O)c2cc(S(=O)(=O)N(C)C)c[nH]2)c(Cl)c1. The second kappa shape index (κ2) is 9.77. The maximum absolute atomic E-state index is 12.8. The minimum atomic E-state index is -3.62. The molecule has 1 amide bonds. The second-order valence-electron chi connectivity index (χ2n) is 7.51. The maximum Gasteiger partial charge on any atom is 0.270 e. The van der Waals surface area contributed by atoms with Gasteiger partial charge in [0.25, 0.3) is 5.91 Å². The fourth-order valence-corrected chi connectivity index (χ4v) is 4.26. The summed E-state index contributed by atoms with van der Waals surface area (Å²) in [5, 5.41) is 0.471. The van der Waals surface area contributed by atoms with Gasteiger partial charge in [-0.1, -0.05) is 42.8 Å². The largest absolute Gasteiger partial charge is 0.457 e. The lowest BCUT2D eigenvalue weighted by Gasteiger charge is -2.18. The fraction of sp³-hybridized carbons (Fsp3) is 0.261. The number of carbonyl (C=O) groups is 1. The van der Waals surface area contributed by atoms with Crippen molar-refractivity contribution in [2.45, 2.75) is 24.8 Å². The molecule has 0 atom stereocenters. The van der Waals surface area contributed by atoms with Crippen LogP contribution in [-0.4, -0.2) is 49.7 Å². The summed E-state index contributed by atoms with van der Waals surface area (Å²) in [6.07, 6.45) is 2.16. The van der Waals surface area contributed by atoms with E-state index < -0.39 is 10.0 Å². The van der Waals surface area contributed by atoms with Gasteiger partial charge >= 0.3 is 0 Å². The first-order chi connectivity index (χ1) is 15.1. The summed E-state index contributed by atoms with van der Waals surface area (Å²) in [6.45, 7) is 2.31. The van der Waals surface area contributed by atoms with E-state index in [1.165, 1.54) is 31.3 Å². The van der Waals surface area contributed by atoms with Crippen LogP contribution in [0.5, 0.6) is 11.5 Å². The molecule has 1 heterocycles. The van der Waals surface area contributed by atoms with Crippen molar-refractivity contribution in [1.29, 1.82) is 0 Å². The predicted octanol–water partition coefficient (Wildman–Crippen LogP) is 4.55. The third-order valence-corrected chi connectivity index (χ3v) is 7.17. The molecule has 0 aliphatic rings. The van der Waals surface area contributed by atoms with Gasteiger partial charge in [0.2, 0.25) is 10.0 Å². The van der Waals surface area contributed by atoms with Crippen molar-refractivity contribution in [3.8, 4) is 11.5 Å². The molecule has 3 rings (SSSR count). The number of aromatic nitrogens is 1. The molecule has 170 valence electrons. The van der Waals surface area contributed by atoms with Gasteiger partial charge in [-0.3, -0.25) is 4.79 Å². The van der Waals surface area contributed by atoms with Crippen LogP contribution in [0.2, 0.25) is 5.02 Å². The first-order valence-corrected chi connectivity index (χ1v) is 11.9. The number of hydrogen-bond acceptors (Lipinski definition) is 4. The minimum absolute atomic E-state index is 0.0335. The molecular formula is C23H26ClN3O4S. The van der Waals surface area contributed by atoms with Crippen LogP contribution in [0, 0.1) is 0 Å². The number of rotatable bonds is 8. The van der Waals surface area contributed by atoms with Crippen LogP contribution in [0.4, 0.5) is 0 Å². The summed E-state index contributed by atoms with van der Waals surface area (Å²) in [6, 6.07) is 14.5. The molecule has 0 radical (unpaired) electrons. The highest BCUT2D eigenvalue weighted by Gasteiger charge is 2.22. The fourth-order valence-electron chi connectivity index (χ4n) is 3.13. The number of halogens is 1. The highest BCUT2D eigenvalue weighted by molar-refractivity contribution is 7.89. The molecule has 9 heteroatoms. The van der Waals surface area contributed by atoms with Gasteiger partial charge in [0.05, 0.1) is 0 Å². The first kappa shape index (κ1) is 23.8. The number of H-pyrrole nitrogens is 1. The Morgan fingerprint density at radius 3 is 2.44 bits per heavy atom. The molecule has 3 aromatic rings. The number of aromatic amines is 1. The molecule has 0 unspecified atom stereocenters. The molecule has 0 saturated carbocycles. The molecule has 0 spiro atoms. The van der Waals surface area contributed by atoms with E-state index in [4.69, 9.17) is 16.3 Å². The Balaban J connectivity index is 1.72.